The van der Waals surface area contributed by atoms with Crippen LogP contribution in [0.1, 0.15) is 271 Å². The van der Waals surface area contributed by atoms with E-state index < -0.39 is 6.10 Å². The van der Waals surface area contributed by atoms with Crippen LogP contribution in [0.3, 0.4) is 0 Å². The van der Waals surface area contributed by atoms with Crippen molar-refractivity contribution in [3.05, 3.63) is 72.9 Å². The van der Waals surface area contributed by atoms with Crippen LogP contribution in [0.5, 0.6) is 0 Å². The standard InChI is InChI=1S/C60H104O6/c1-4-7-10-13-16-19-22-25-27-29-30-32-33-35-38-41-44-47-50-53-59(62)65-56-57(55-64-58(61)52-49-46-43-40-37-24-21-18-15-12-9-6-3)66-60(63)54-51-48-45-42-39-36-34-31-28-26-23-20-17-14-11-8-5-2/h16-17,19-20,25-28,30,32,34,36,57H,4-15,18,21-24,29,31,33,35,37-56H2,1-3H3/b19-16-,20-17-,27-25-,28-26-,32-30-,36-34-/t57-/m1/s1. The Balaban J connectivity index is 4.42. The molecule has 0 rings (SSSR count). The summed E-state index contributed by atoms with van der Waals surface area (Å²) in [5, 5.41) is 0. The van der Waals surface area contributed by atoms with Crippen LogP contribution in [0.4, 0.5) is 0 Å². The van der Waals surface area contributed by atoms with Gasteiger partial charge in [-0.05, 0) is 96.3 Å². The van der Waals surface area contributed by atoms with Crippen molar-refractivity contribution in [2.24, 2.45) is 0 Å². The van der Waals surface area contributed by atoms with Crippen molar-refractivity contribution >= 4 is 17.9 Å². The first kappa shape index (κ1) is 62.8. The maximum Gasteiger partial charge on any atom is 0.306 e. The second-order valence-corrected chi connectivity index (χ2v) is 18.5. The number of hydrogen-bond acceptors (Lipinski definition) is 6. The van der Waals surface area contributed by atoms with Crippen molar-refractivity contribution in [3.63, 3.8) is 0 Å². The highest BCUT2D eigenvalue weighted by Gasteiger charge is 2.19. The molecule has 0 saturated carbocycles. The second kappa shape index (κ2) is 54.5. The van der Waals surface area contributed by atoms with Crippen molar-refractivity contribution < 1.29 is 28.6 Å². The Kier molecular flexibility index (Phi) is 51.9. The Labute approximate surface area is 408 Å². The molecule has 0 aromatic heterocycles. The molecule has 6 nitrogen and oxygen atoms in total. The van der Waals surface area contributed by atoms with E-state index in [-0.39, 0.29) is 31.1 Å². The molecule has 380 valence electrons. The molecular weight excluding hydrogens is 817 g/mol. The van der Waals surface area contributed by atoms with Gasteiger partial charge in [0.1, 0.15) is 13.2 Å². The summed E-state index contributed by atoms with van der Waals surface area (Å²) in [6.07, 6.45) is 68.8. The van der Waals surface area contributed by atoms with Gasteiger partial charge in [-0.2, -0.15) is 0 Å². The Hall–Kier alpha value is -3.15. The van der Waals surface area contributed by atoms with Crippen LogP contribution in [-0.2, 0) is 28.6 Å². The van der Waals surface area contributed by atoms with Crippen LogP contribution >= 0.6 is 0 Å². The first-order chi connectivity index (χ1) is 32.5. The summed E-state index contributed by atoms with van der Waals surface area (Å²) >= 11 is 0. The zero-order valence-corrected chi connectivity index (χ0v) is 43.4. The zero-order valence-electron chi connectivity index (χ0n) is 43.4. The molecule has 0 bridgehead atoms. The maximum absolute atomic E-state index is 12.8. The van der Waals surface area contributed by atoms with Crippen molar-refractivity contribution in [2.45, 2.75) is 277 Å². The number of esters is 3. The molecule has 0 spiro atoms. The van der Waals surface area contributed by atoms with Gasteiger partial charge in [-0.25, -0.2) is 0 Å². The second-order valence-electron chi connectivity index (χ2n) is 18.5. The third-order valence-electron chi connectivity index (χ3n) is 11.9. The van der Waals surface area contributed by atoms with Crippen LogP contribution in [0.15, 0.2) is 72.9 Å². The highest BCUT2D eigenvalue weighted by molar-refractivity contribution is 5.71. The van der Waals surface area contributed by atoms with Gasteiger partial charge in [-0.1, -0.05) is 229 Å². The number of unbranched alkanes of at least 4 members (excludes halogenated alkanes) is 27. The molecule has 0 aliphatic heterocycles. The minimum atomic E-state index is -0.791. The van der Waals surface area contributed by atoms with Crippen molar-refractivity contribution in [1.82, 2.24) is 0 Å². The zero-order chi connectivity index (χ0) is 47.9. The number of carbonyl (C=O) groups is 3. The van der Waals surface area contributed by atoms with Crippen LogP contribution in [0.2, 0.25) is 0 Å². The molecule has 6 heteroatoms. The molecule has 0 aromatic rings. The summed E-state index contributed by atoms with van der Waals surface area (Å²) in [4.78, 5) is 38.1. The lowest BCUT2D eigenvalue weighted by atomic mass is 10.0. The summed E-state index contributed by atoms with van der Waals surface area (Å²) in [5.74, 6) is -0.916. The molecule has 0 saturated heterocycles. The quantitative estimate of drug-likeness (QED) is 0.0262. The fraction of sp³-hybridized carbons (Fsp3) is 0.750. The first-order valence-electron chi connectivity index (χ1n) is 27.9. The van der Waals surface area contributed by atoms with Crippen molar-refractivity contribution in [2.75, 3.05) is 13.2 Å². The summed E-state index contributed by atoms with van der Waals surface area (Å²) in [5.41, 5.74) is 0. The van der Waals surface area contributed by atoms with Gasteiger partial charge in [-0.15, -0.1) is 0 Å². The highest BCUT2D eigenvalue weighted by atomic mass is 16.6. The monoisotopic (exact) mass is 921 g/mol. The predicted molar refractivity (Wildman–Crippen MR) is 284 cm³/mol. The summed E-state index contributed by atoms with van der Waals surface area (Å²) in [6.45, 7) is 6.56. The van der Waals surface area contributed by atoms with E-state index in [0.29, 0.717) is 19.3 Å². The molecule has 0 radical (unpaired) electrons. The highest BCUT2D eigenvalue weighted by Crippen LogP contribution is 2.15. The van der Waals surface area contributed by atoms with Gasteiger partial charge in [0.05, 0.1) is 0 Å². The smallest absolute Gasteiger partial charge is 0.306 e. The van der Waals surface area contributed by atoms with E-state index in [2.05, 4.69) is 93.7 Å². The lowest BCUT2D eigenvalue weighted by molar-refractivity contribution is -0.167. The van der Waals surface area contributed by atoms with Crippen molar-refractivity contribution in [3.8, 4) is 0 Å². The lowest BCUT2D eigenvalue weighted by Gasteiger charge is -2.18. The van der Waals surface area contributed by atoms with E-state index in [4.69, 9.17) is 14.2 Å². The minimum Gasteiger partial charge on any atom is -0.462 e. The van der Waals surface area contributed by atoms with Gasteiger partial charge < -0.3 is 14.2 Å². The molecule has 0 aromatic carbocycles. The topological polar surface area (TPSA) is 78.9 Å². The van der Waals surface area contributed by atoms with E-state index in [9.17, 15) is 14.4 Å². The van der Waals surface area contributed by atoms with Gasteiger partial charge in [0.25, 0.3) is 0 Å². The third kappa shape index (κ3) is 51.8. The van der Waals surface area contributed by atoms with Crippen LogP contribution in [0.25, 0.3) is 0 Å². The van der Waals surface area contributed by atoms with Gasteiger partial charge >= 0.3 is 17.9 Å². The predicted octanol–water partition coefficient (Wildman–Crippen LogP) is 18.6. The average Bonchev–Trinajstić information content (AvgIpc) is 3.31. The van der Waals surface area contributed by atoms with Gasteiger partial charge in [0.2, 0.25) is 0 Å². The Morgan fingerprint density at radius 3 is 0.879 bits per heavy atom. The maximum atomic E-state index is 12.8. The number of ether oxygens (including phenoxy) is 3. The van der Waals surface area contributed by atoms with E-state index >= 15 is 0 Å². The lowest BCUT2D eigenvalue weighted by Crippen LogP contribution is -2.30. The molecule has 0 N–H and O–H groups in total. The molecule has 1 atom stereocenters. The fourth-order valence-corrected chi connectivity index (χ4v) is 7.69. The largest absolute Gasteiger partial charge is 0.462 e. The Morgan fingerprint density at radius 1 is 0.303 bits per heavy atom. The van der Waals surface area contributed by atoms with Crippen LogP contribution in [0, 0.1) is 0 Å². The minimum absolute atomic E-state index is 0.0872. The average molecular weight is 921 g/mol. The summed E-state index contributed by atoms with van der Waals surface area (Å²) in [6, 6.07) is 0. The summed E-state index contributed by atoms with van der Waals surface area (Å²) in [7, 11) is 0. The molecule has 66 heavy (non-hydrogen) atoms. The molecule has 0 aliphatic carbocycles. The van der Waals surface area contributed by atoms with Crippen LogP contribution in [-0.4, -0.2) is 37.2 Å². The number of allylic oxidation sites excluding steroid dienone is 12. The van der Waals surface area contributed by atoms with Gasteiger partial charge in [0, 0.05) is 19.3 Å². The molecule has 0 heterocycles. The molecule has 0 aliphatic rings. The van der Waals surface area contributed by atoms with Gasteiger partial charge in [0.15, 0.2) is 6.10 Å². The van der Waals surface area contributed by atoms with E-state index in [1.807, 2.05) is 0 Å². The molecule has 0 unspecified atom stereocenters. The fourth-order valence-electron chi connectivity index (χ4n) is 7.69. The molecular formula is C60H104O6. The summed E-state index contributed by atoms with van der Waals surface area (Å²) < 4.78 is 16.8. The SMILES string of the molecule is CCCCC/C=C\C/C=C\C/C=C\CCCCCCCCC(=O)OC[C@@H](COC(=O)CCCCCCCCCCCCCC)OC(=O)CCCCCC/C=C\C/C=C\C/C=C\CCCCC. The molecule has 0 amide bonds. The Morgan fingerprint density at radius 2 is 0.545 bits per heavy atom. The molecule has 0 fully saturated rings. The normalized spacial score (nSPS) is 12.6. The first-order valence-corrected chi connectivity index (χ1v) is 27.9. The Bertz CT molecular complexity index is 1240. The van der Waals surface area contributed by atoms with Crippen molar-refractivity contribution in [1.29, 1.82) is 0 Å². The third-order valence-corrected chi connectivity index (χ3v) is 11.9. The number of rotatable bonds is 50. The van der Waals surface area contributed by atoms with Gasteiger partial charge in [-0.3, -0.25) is 14.4 Å². The van der Waals surface area contributed by atoms with Crippen LogP contribution < -0.4 is 0 Å². The number of hydrogen-bond donors (Lipinski definition) is 0. The van der Waals surface area contributed by atoms with E-state index in [0.717, 1.165) is 103 Å². The van der Waals surface area contributed by atoms with E-state index in [1.54, 1.807) is 0 Å². The van der Waals surface area contributed by atoms with E-state index in [1.165, 1.54) is 128 Å². The number of carbonyl (C=O) groups excluding carboxylic acids is 3.